The Bertz CT molecular complexity index is 213. The number of piperidine rings is 1. The summed E-state index contributed by atoms with van der Waals surface area (Å²) in [5, 5.41) is 3.21. The number of hydrogen-bond donors (Lipinski definition) is 1. The molecule has 0 spiro atoms. The lowest BCUT2D eigenvalue weighted by Gasteiger charge is -2.25. The Balaban J connectivity index is 2.41. The maximum atomic E-state index is 11.7. The Kier molecular flexibility index (Phi) is 3.78. The molecular formula is C10H16N2O. The molecule has 1 aliphatic rings. The lowest BCUT2D eigenvalue weighted by Crippen LogP contribution is -2.41. The maximum Gasteiger partial charge on any atom is 0.227 e. The first-order chi connectivity index (χ1) is 6.25. The molecule has 0 bridgehead atoms. The number of nitrogens with zero attached hydrogens (tertiary/aromatic N) is 1. The van der Waals surface area contributed by atoms with Crippen LogP contribution >= 0.6 is 0 Å². The fourth-order valence-electron chi connectivity index (χ4n) is 1.59. The fourth-order valence-corrected chi connectivity index (χ4v) is 1.59. The summed E-state index contributed by atoms with van der Waals surface area (Å²) in [7, 11) is 1.76. The van der Waals surface area contributed by atoms with Crippen LogP contribution in [0.15, 0.2) is 0 Å². The highest BCUT2D eigenvalue weighted by atomic mass is 16.2. The highest BCUT2D eigenvalue weighted by Crippen LogP contribution is 2.12. The summed E-state index contributed by atoms with van der Waals surface area (Å²) in [5.41, 5.74) is 0. The highest BCUT2D eigenvalue weighted by Gasteiger charge is 2.23. The molecular weight excluding hydrogens is 164 g/mol. The number of amides is 1. The zero-order valence-corrected chi connectivity index (χ0v) is 8.05. The van der Waals surface area contributed by atoms with Gasteiger partial charge in [-0.3, -0.25) is 4.79 Å². The van der Waals surface area contributed by atoms with E-state index in [9.17, 15) is 4.79 Å². The van der Waals surface area contributed by atoms with Gasteiger partial charge in [-0.2, -0.15) is 0 Å². The number of nitrogens with one attached hydrogen (secondary N) is 1. The number of carbonyl (C=O) groups is 1. The monoisotopic (exact) mass is 180 g/mol. The van der Waals surface area contributed by atoms with Gasteiger partial charge in [-0.25, -0.2) is 0 Å². The molecule has 0 radical (unpaired) electrons. The first-order valence-corrected chi connectivity index (χ1v) is 4.65. The Morgan fingerprint density at radius 2 is 2.54 bits per heavy atom. The van der Waals surface area contributed by atoms with Crippen LogP contribution in [-0.4, -0.2) is 37.5 Å². The van der Waals surface area contributed by atoms with E-state index in [1.165, 1.54) is 0 Å². The molecule has 0 unspecified atom stereocenters. The van der Waals surface area contributed by atoms with Crippen molar-refractivity contribution >= 4 is 5.91 Å². The molecule has 1 N–H and O–H groups in total. The van der Waals surface area contributed by atoms with Crippen molar-refractivity contribution in [2.75, 3.05) is 26.7 Å². The third kappa shape index (κ3) is 2.74. The minimum Gasteiger partial charge on any atom is -0.334 e. The third-order valence-electron chi connectivity index (χ3n) is 2.35. The number of rotatable bonds is 2. The van der Waals surface area contributed by atoms with Gasteiger partial charge in [-0.1, -0.05) is 5.92 Å². The zero-order chi connectivity index (χ0) is 9.68. The number of terminal acetylenes is 1. The summed E-state index contributed by atoms with van der Waals surface area (Å²) in [6, 6.07) is 0. The average Bonchev–Trinajstić information content (AvgIpc) is 2.18. The Labute approximate surface area is 79.5 Å². The zero-order valence-electron chi connectivity index (χ0n) is 8.05. The molecule has 0 aromatic heterocycles. The Hall–Kier alpha value is -1.01. The van der Waals surface area contributed by atoms with Crippen molar-refractivity contribution in [3.8, 4) is 12.3 Å². The molecule has 1 aliphatic heterocycles. The van der Waals surface area contributed by atoms with Gasteiger partial charge in [0.15, 0.2) is 0 Å². The van der Waals surface area contributed by atoms with Crippen LogP contribution in [0.25, 0.3) is 0 Å². The molecule has 72 valence electrons. The van der Waals surface area contributed by atoms with Gasteiger partial charge in [0.25, 0.3) is 0 Å². The summed E-state index contributed by atoms with van der Waals surface area (Å²) in [6.45, 7) is 2.24. The standard InChI is InChI=1S/C10H16N2O/c1-3-7-12(2)10(13)9-5-4-6-11-8-9/h1,9,11H,4-8H2,2H3/t9-/m1/s1. The molecule has 0 aromatic rings. The molecule has 0 aromatic carbocycles. The van der Waals surface area contributed by atoms with Crippen LogP contribution in [0, 0.1) is 18.3 Å². The van der Waals surface area contributed by atoms with E-state index in [1.807, 2.05) is 0 Å². The van der Waals surface area contributed by atoms with Crippen molar-refractivity contribution in [3.05, 3.63) is 0 Å². The van der Waals surface area contributed by atoms with Crippen molar-refractivity contribution in [1.82, 2.24) is 10.2 Å². The largest absolute Gasteiger partial charge is 0.334 e. The van der Waals surface area contributed by atoms with Crippen molar-refractivity contribution in [2.45, 2.75) is 12.8 Å². The van der Waals surface area contributed by atoms with Crippen molar-refractivity contribution in [3.63, 3.8) is 0 Å². The van der Waals surface area contributed by atoms with Crippen molar-refractivity contribution in [2.24, 2.45) is 5.92 Å². The Morgan fingerprint density at radius 3 is 3.08 bits per heavy atom. The van der Waals surface area contributed by atoms with E-state index in [0.717, 1.165) is 25.9 Å². The normalized spacial score (nSPS) is 22.0. The molecule has 1 atom stereocenters. The summed E-state index contributed by atoms with van der Waals surface area (Å²) in [5.74, 6) is 2.78. The predicted molar refractivity (Wildman–Crippen MR) is 52.1 cm³/mol. The molecule has 1 rings (SSSR count). The smallest absolute Gasteiger partial charge is 0.227 e. The average molecular weight is 180 g/mol. The van der Waals surface area contributed by atoms with Crippen LogP contribution in [0.3, 0.4) is 0 Å². The van der Waals surface area contributed by atoms with E-state index in [1.54, 1.807) is 11.9 Å². The van der Waals surface area contributed by atoms with Gasteiger partial charge in [-0.05, 0) is 19.4 Å². The van der Waals surface area contributed by atoms with Gasteiger partial charge in [0.2, 0.25) is 5.91 Å². The number of carbonyl (C=O) groups excluding carboxylic acids is 1. The molecule has 3 nitrogen and oxygen atoms in total. The quantitative estimate of drug-likeness (QED) is 0.610. The van der Waals surface area contributed by atoms with E-state index in [2.05, 4.69) is 11.2 Å². The van der Waals surface area contributed by atoms with E-state index in [-0.39, 0.29) is 11.8 Å². The van der Waals surface area contributed by atoms with Gasteiger partial charge >= 0.3 is 0 Å². The first kappa shape index (κ1) is 10.1. The van der Waals surface area contributed by atoms with Crippen molar-refractivity contribution < 1.29 is 4.79 Å². The van der Waals surface area contributed by atoms with Gasteiger partial charge < -0.3 is 10.2 Å². The topological polar surface area (TPSA) is 32.3 Å². The molecule has 0 aliphatic carbocycles. The molecule has 1 heterocycles. The molecule has 1 fully saturated rings. The van der Waals surface area contributed by atoms with Gasteiger partial charge in [0.1, 0.15) is 0 Å². The molecule has 1 saturated heterocycles. The van der Waals surface area contributed by atoms with Crippen LogP contribution in [0.1, 0.15) is 12.8 Å². The number of hydrogen-bond acceptors (Lipinski definition) is 2. The fraction of sp³-hybridized carbons (Fsp3) is 0.700. The maximum absolute atomic E-state index is 11.7. The first-order valence-electron chi connectivity index (χ1n) is 4.65. The van der Waals surface area contributed by atoms with Crippen LogP contribution in [0.5, 0.6) is 0 Å². The molecule has 13 heavy (non-hydrogen) atoms. The lowest BCUT2D eigenvalue weighted by molar-refractivity contribution is -0.134. The summed E-state index contributed by atoms with van der Waals surface area (Å²) < 4.78 is 0. The highest BCUT2D eigenvalue weighted by molar-refractivity contribution is 5.79. The molecule has 0 saturated carbocycles. The minimum absolute atomic E-state index is 0.132. The second kappa shape index (κ2) is 4.88. The van der Waals surface area contributed by atoms with Gasteiger partial charge in [0.05, 0.1) is 12.5 Å². The van der Waals surface area contributed by atoms with Crippen molar-refractivity contribution in [1.29, 1.82) is 0 Å². The van der Waals surface area contributed by atoms with Crippen LogP contribution < -0.4 is 5.32 Å². The Morgan fingerprint density at radius 1 is 1.77 bits per heavy atom. The summed E-state index contributed by atoms with van der Waals surface area (Å²) >= 11 is 0. The second-order valence-corrected chi connectivity index (χ2v) is 3.44. The summed E-state index contributed by atoms with van der Waals surface area (Å²) in [6.07, 6.45) is 7.21. The van der Waals surface area contributed by atoms with Gasteiger partial charge in [-0.15, -0.1) is 6.42 Å². The van der Waals surface area contributed by atoms with Gasteiger partial charge in [0, 0.05) is 13.6 Å². The summed E-state index contributed by atoms with van der Waals surface area (Å²) in [4.78, 5) is 13.3. The van der Waals surface area contributed by atoms with E-state index in [0.29, 0.717) is 6.54 Å². The lowest BCUT2D eigenvalue weighted by atomic mass is 9.98. The van der Waals surface area contributed by atoms with E-state index in [4.69, 9.17) is 6.42 Å². The second-order valence-electron chi connectivity index (χ2n) is 3.44. The predicted octanol–water partition coefficient (Wildman–Crippen LogP) is 0.0776. The van der Waals surface area contributed by atoms with E-state index < -0.39 is 0 Å². The SMILES string of the molecule is C#CCN(C)C(=O)[C@@H]1CCCNC1. The molecule has 1 amide bonds. The minimum atomic E-state index is 0.132. The van der Waals surface area contributed by atoms with Crippen LogP contribution in [-0.2, 0) is 4.79 Å². The van der Waals surface area contributed by atoms with E-state index >= 15 is 0 Å². The molecule has 3 heteroatoms. The van der Waals surface area contributed by atoms with Crippen LogP contribution in [0.4, 0.5) is 0 Å². The third-order valence-corrected chi connectivity index (χ3v) is 2.35. The van der Waals surface area contributed by atoms with Crippen LogP contribution in [0.2, 0.25) is 0 Å².